The van der Waals surface area contributed by atoms with Gasteiger partial charge in [0.25, 0.3) is 0 Å². The molecule has 1 aromatic carbocycles. The van der Waals surface area contributed by atoms with Crippen molar-refractivity contribution in [2.75, 3.05) is 0 Å². The molecule has 1 aromatic heterocycles. The van der Waals surface area contributed by atoms with Crippen molar-refractivity contribution < 1.29 is 19.8 Å². The van der Waals surface area contributed by atoms with Gasteiger partial charge in [-0.05, 0) is 18.1 Å². The Morgan fingerprint density at radius 3 is 2.48 bits per heavy atom. The predicted molar refractivity (Wildman–Crippen MR) is 78.3 cm³/mol. The molecule has 2 rings (SSSR count). The third-order valence-corrected chi connectivity index (χ3v) is 3.51. The van der Waals surface area contributed by atoms with Crippen LogP contribution in [0.5, 0.6) is 0 Å². The summed E-state index contributed by atoms with van der Waals surface area (Å²) in [6, 6.07) is 5.80. The van der Waals surface area contributed by atoms with Gasteiger partial charge in [-0.15, -0.1) is 0 Å². The largest absolute Gasteiger partial charge is 0.480 e. The topological polar surface area (TPSA) is 102 Å². The van der Waals surface area contributed by atoms with Gasteiger partial charge in [-0.25, -0.2) is 0 Å². The van der Waals surface area contributed by atoms with E-state index in [-0.39, 0.29) is 6.42 Å². The molecule has 0 spiro atoms. The Morgan fingerprint density at radius 1 is 1.19 bits per heavy atom. The number of aromatic nitrogens is 1. The van der Waals surface area contributed by atoms with Crippen LogP contribution >= 0.6 is 0 Å². The zero-order chi connectivity index (χ0) is 15.4. The van der Waals surface area contributed by atoms with Crippen LogP contribution in [0, 0.1) is 0 Å². The standard InChI is InChI=1S/C15H18N2O4/c1-2-11(14(18)19)17-13(15(20)21)7-9-8-16-12-6-4-3-5-10(9)12/h3-6,8,11,13,16-17H,2,7H2,1H3,(H,18,19)(H,20,21). The normalized spacial score (nSPS) is 14.0. The molecule has 6 heteroatoms. The molecule has 21 heavy (non-hydrogen) atoms. The number of rotatable bonds is 7. The number of hydrogen-bond donors (Lipinski definition) is 4. The summed E-state index contributed by atoms with van der Waals surface area (Å²) in [6.45, 7) is 1.70. The molecule has 6 nitrogen and oxygen atoms in total. The third kappa shape index (κ3) is 3.41. The average Bonchev–Trinajstić information content (AvgIpc) is 2.86. The second-order valence-electron chi connectivity index (χ2n) is 4.92. The fourth-order valence-electron chi connectivity index (χ4n) is 2.34. The van der Waals surface area contributed by atoms with Crippen LogP contribution in [0.2, 0.25) is 0 Å². The van der Waals surface area contributed by atoms with Gasteiger partial charge in [0.15, 0.2) is 0 Å². The molecule has 0 radical (unpaired) electrons. The number of hydrogen-bond acceptors (Lipinski definition) is 3. The number of nitrogens with one attached hydrogen (secondary N) is 2. The van der Waals surface area contributed by atoms with E-state index < -0.39 is 24.0 Å². The molecule has 0 aliphatic carbocycles. The van der Waals surface area contributed by atoms with E-state index in [9.17, 15) is 14.7 Å². The molecule has 0 bridgehead atoms. The first kappa shape index (κ1) is 15.1. The van der Waals surface area contributed by atoms with Crippen LogP contribution in [0.25, 0.3) is 10.9 Å². The first-order valence-corrected chi connectivity index (χ1v) is 6.79. The molecule has 112 valence electrons. The Labute approximate surface area is 121 Å². The number of fused-ring (bicyclic) bond motifs is 1. The van der Waals surface area contributed by atoms with Crippen molar-refractivity contribution >= 4 is 22.8 Å². The van der Waals surface area contributed by atoms with Crippen LogP contribution in [0.4, 0.5) is 0 Å². The fourth-order valence-corrected chi connectivity index (χ4v) is 2.34. The molecule has 0 amide bonds. The van der Waals surface area contributed by atoms with E-state index in [0.717, 1.165) is 16.5 Å². The van der Waals surface area contributed by atoms with Crippen molar-refractivity contribution in [3.63, 3.8) is 0 Å². The van der Waals surface area contributed by atoms with E-state index in [4.69, 9.17) is 5.11 Å². The van der Waals surface area contributed by atoms with Crippen molar-refractivity contribution in [3.05, 3.63) is 36.0 Å². The van der Waals surface area contributed by atoms with Crippen LogP contribution < -0.4 is 5.32 Å². The number of aromatic amines is 1. The lowest BCUT2D eigenvalue weighted by Crippen LogP contribution is -2.47. The second kappa shape index (κ2) is 6.41. The highest BCUT2D eigenvalue weighted by Gasteiger charge is 2.25. The SMILES string of the molecule is CCC(NC(Cc1c[nH]c2ccccc12)C(=O)O)C(=O)O. The van der Waals surface area contributed by atoms with Crippen LogP contribution in [0.1, 0.15) is 18.9 Å². The fraction of sp³-hybridized carbons (Fsp3) is 0.333. The van der Waals surface area contributed by atoms with E-state index in [1.807, 2.05) is 24.3 Å². The predicted octanol–water partition coefficient (Wildman–Crippen LogP) is 1.62. The summed E-state index contributed by atoms with van der Waals surface area (Å²) in [5, 5.41) is 22.0. The summed E-state index contributed by atoms with van der Waals surface area (Å²) < 4.78 is 0. The minimum absolute atomic E-state index is 0.225. The van der Waals surface area contributed by atoms with E-state index in [0.29, 0.717) is 6.42 Å². The monoisotopic (exact) mass is 290 g/mol. The van der Waals surface area contributed by atoms with Crippen molar-refractivity contribution in [2.24, 2.45) is 0 Å². The Morgan fingerprint density at radius 2 is 1.86 bits per heavy atom. The van der Waals surface area contributed by atoms with Gasteiger partial charge < -0.3 is 15.2 Å². The maximum Gasteiger partial charge on any atom is 0.321 e. The number of carbonyl (C=O) groups is 2. The van der Waals surface area contributed by atoms with Gasteiger partial charge in [0, 0.05) is 23.5 Å². The molecule has 0 aliphatic heterocycles. The highest BCUT2D eigenvalue weighted by atomic mass is 16.4. The second-order valence-corrected chi connectivity index (χ2v) is 4.92. The molecule has 2 atom stereocenters. The van der Waals surface area contributed by atoms with Gasteiger partial charge in [0.05, 0.1) is 0 Å². The molecule has 1 heterocycles. The number of para-hydroxylation sites is 1. The third-order valence-electron chi connectivity index (χ3n) is 3.51. The van der Waals surface area contributed by atoms with Crippen molar-refractivity contribution in [1.82, 2.24) is 10.3 Å². The molecular formula is C15H18N2O4. The number of benzene rings is 1. The molecule has 4 N–H and O–H groups in total. The summed E-state index contributed by atoms with van der Waals surface area (Å²) in [6.07, 6.45) is 2.32. The summed E-state index contributed by atoms with van der Waals surface area (Å²) in [5.41, 5.74) is 1.78. The van der Waals surface area contributed by atoms with E-state index in [2.05, 4.69) is 10.3 Å². The van der Waals surface area contributed by atoms with Crippen molar-refractivity contribution in [2.45, 2.75) is 31.8 Å². The van der Waals surface area contributed by atoms with Gasteiger partial charge >= 0.3 is 11.9 Å². The molecule has 2 aromatic rings. The van der Waals surface area contributed by atoms with Crippen LogP contribution in [0.3, 0.4) is 0 Å². The summed E-state index contributed by atoms with van der Waals surface area (Å²) in [4.78, 5) is 25.5. The molecule has 0 fully saturated rings. The lowest BCUT2D eigenvalue weighted by molar-refractivity contribution is -0.142. The average molecular weight is 290 g/mol. The Hall–Kier alpha value is -2.34. The molecular weight excluding hydrogens is 272 g/mol. The van der Waals surface area contributed by atoms with Gasteiger partial charge in [0.2, 0.25) is 0 Å². The van der Waals surface area contributed by atoms with Gasteiger partial charge in [-0.1, -0.05) is 25.1 Å². The summed E-state index contributed by atoms with van der Waals surface area (Å²) >= 11 is 0. The Balaban J connectivity index is 2.20. The Kier molecular flexibility index (Phi) is 4.59. The molecule has 0 saturated heterocycles. The van der Waals surface area contributed by atoms with Gasteiger partial charge in [-0.3, -0.25) is 14.9 Å². The quantitative estimate of drug-likeness (QED) is 0.620. The van der Waals surface area contributed by atoms with Crippen LogP contribution in [-0.2, 0) is 16.0 Å². The zero-order valence-electron chi connectivity index (χ0n) is 11.7. The number of aliphatic carboxylic acids is 2. The number of H-pyrrole nitrogens is 1. The van der Waals surface area contributed by atoms with E-state index in [1.54, 1.807) is 13.1 Å². The Bertz CT molecular complexity index is 650. The summed E-state index contributed by atoms with van der Waals surface area (Å²) in [7, 11) is 0. The minimum Gasteiger partial charge on any atom is -0.480 e. The maximum atomic E-state index is 11.4. The number of carboxylic acid groups (broad SMARTS) is 2. The highest BCUT2D eigenvalue weighted by molar-refractivity contribution is 5.84. The number of carboxylic acids is 2. The minimum atomic E-state index is -1.06. The smallest absolute Gasteiger partial charge is 0.321 e. The van der Waals surface area contributed by atoms with E-state index >= 15 is 0 Å². The van der Waals surface area contributed by atoms with Crippen LogP contribution in [0.15, 0.2) is 30.5 Å². The van der Waals surface area contributed by atoms with Gasteiger partial charge in [0.1, 0.15) is 12.1 Å². The van der Waals surface area contributed by atoms with E-state index in [1.165, 1.54) is 0 Å². The lowest BCUT2D eigenvalue weighted by Gasteiger charge is -2.19. The van der Waals surface area contributed by atoms with Crippen molar-refractivity contribution in [3.8, 4) is 0 Å². The first-order valence-electron chi connectivity index (χ1n) is 6.79. The highest BCUT2D eigenvalue weighted by Crippen LogP contribution is 2.19. The molecule has 0 aliphatic rings. The molecule has 0 saturated carbocycles. The maximum absolute atomic E-state index is 11.4. The zero-order valence-corrected chi connectivity index (χ0v) is 11.7. The van der Waals surface area contributed by atoms with Gasteiger partial charge in [-0.2, -0.15) is 0 Å². The lowest BCUT2D eigenvalue weighted by atomic mass is 10.0. The van der Waals surface area contributed by atoms with Crippen LogP contribution in [-0.4, -0.2) is 39.2 Å². The van der Waals surface area contributed by atoms with Crippen molar-refractivity contribution in [1.29, 1.82) is 0 Å². The molecule has 2 unspecified atom stereocenters. The summed E-state index contributed by atoms with van der Waals surface area (Å²) in [5.74, 6) is -2.09. The first-order chi connectivity index (χ1) is 10.0.